The highest BCUT2D eigenvalue weighted by atomic mass is 15.4. The normalized spacial score (nSPS) is 21.5. The van der Waals surface area contributed by atoms with Crippen molar-refractivity contribution < 1.29 is 0 Å². The van der Waals surface area contributed by atoms with Gasteiger partial charge in [-0.15, -0.1) is 0 Å². The first kappa shape index (κ1) is 13.7. The summed E-state index contributed by atoms with van der Waals surface area (Å²) in [6.45, 7) is 7.14. The summed E-state index contributed by atoms with van der Waals surface area (Å²) in [4.78, 5) is 6.64. The number of guanidine groups is 1. The lowest BCUT2D eigenvalue weighted by atomic mass is 9.88. The quantitative estimate of drug-likeness (QED) is 0.916. The molecule has 1 aliphatic rings. The zero-order valence-electron chi connectivity index (χ0n) is 12.8. The summed E-state index contributed by atoms with van der Waals surface area (Å²) < 4.78 is 0. The van der Waals surface area contributed by atoms with Gasteiger partial charge in [0.1, 0.15) is 0 Å². The number of para-hydroxylation sites is 1. The minimum Gasteiger partial charge on any atom is -0.369 e. The van der Waals surface area contributed by atoms with E-state index in [1.165, 1.54) is 16.7 Å². The molecular weight excluding hydrogens is 258 g/mol. The molecule has 21 heavy (non-hydrogen) atoms. The van der Waals surface area contributed by atoms with Gasteiger partial charge in [-0.1, -0.05) is 47.5 Å². The maximum absolute atomic E-state index is 6.18. The minimum absolute atomic E-state index is 0.234. The van der Waals surface area contributed by atoms with E-state index in [9.17, 15) is 0 Å². The summed E-state index contributed by atoms with van der Waals surface area (Å²) in [6.07, 6.45) is 0. The largest absolute Gasteiger partial charge is 0.369 e. The Bertz CT molecular complexity index is 671. The van der Waals surface area contributed by atoms with Crippen molar-refractivity contribution in [1.29, 1.82) is 0 Å². The van der Waals surface area contributed by atoms with Crippen molar-refractivity contribution in [1.82, 2.24) is 0 Å². The molecule has 0 saturated carbocycles. The molecule has 3 rings (SSSR count). The van der Waals surface area contributed by atoms with Gasteiger partial charge in [0, 0.05) is 5.69 Å². The Kier molecular flexibility index (Phi) is 3.20. The number of aliphatic imine (C=N–C) groups is 1. The van der Waals surface area contributed by atoms with Crippen LogP contribution in [0, 0.1) is 13.8 Å². The molecule has 0 amide bonds. The van der Waals surface area contributed by atoms with Crippen LogP contribution in [0.2, 0.25) is 0 Å². The Morgan fingerprint density at radius 3 is 2.29 bits per heavy atom. The number of benzene rings is 2. The summed E-state index contributed by atoms with van der Waals surface area (Å²) in [5.41, 5.74) is 10.8. The van der Waals surface area contributed by atoms with Crippen LogP contribution in [-0.2, 0) is 5.54 Å². The summed E-state index contributed by atoms with van der Waals surface area (Å²) in [7, 11) is 0. The maximum atomic E-state index is 6.18. The summed E-state index contributed by atoms with van der Waals surface area (Å²) in [6, 6.07) is 16.9. The van der Waals surface area contributed by atoms with Crippen molar-refractivity contribution >= 4 is 11.6 Å². The van der Waals surface area contributed by atoms with Crippen molar-refractivity contribution in [3.63, 3.8) is 0 Å². The SMILES string of the molecule is Cc1cc(C)cc(C2(C)CN=C(N)N2c2ccccc2)c1. The van der Waals surface area contributed by atoms with Gasteiger partial charge >= 0.3 is 0 Å². The highest BCUT2D eigenvalue weighted by molar-refractivity contribution is 5.98. The topological polar surface area (TPSA) is 41.6 Å². The van der Waals surface area contributed by atoms with Crippen LogP contribution < -0.4 is 10.6 Å². The molecule has 1 heterocycles. The molecule has 3 nitrogen and oxygen atoms in total. The van der Waals surface area contributed by atoms with E-state index >= 15 is 0 Å². The summed E-state index contributed by atoms with van der Waals surface area (Å²) >= 11 is 0. The fourth-order valence-electron chi connectivity index (χ4n) is 3.13. The molecular formula is C18H21N3. The van der Waals surface area contributed by atoms with Crippen molar-refractivity contribution in [2.24, 2.45) is 10.7 Å². The maximum Gasteiger partial charge on any atom is 0.196 e. The third-order valence-corrected chi connectivity index (χ3v) is 4.13. The molecule has 1 atom stereocenters. The van der Waals surface area contributed by atoms with Gasteiger partial charge in [-0.05, 0) is 38.5 Å². The van der Waals surface area contributed by atoms with Gasteiger partial charge in [0.25, 0.3) is 0 Å². The Morgan fingerprint density at radius 1 is 1.05 bits per heavy atom. The van der Waals surface area contributed by atoms with Gasteiger partial charge in [-0.3, -0.25) is 4.99 Å². The molecule has 0 bridgehead atoms. The number of hydrogen-bond acceptors (Lipinski definition) is 3. The molecule has 0 fully saturated rings. The third-order valence-electron chi connectivity index (χ3n) is 4.13. The Labute approximate surface area is 126 Å². The van der Waals surface area contributed by atoms with Crippen LogP contribution in [0.1, 0.15) is 23.6 Å². The van der Waals surface area contributed by atoms with Gasteiger partial charge in [-0.25, -0.2) is 0 Å². The molecule has 3 heteroatoms. The van der Waals surface area contributed by atoms with Crippen molar-refractivity contribution in [3.8, 4) is 0 Å². The second-order valence-electron chi connectivity index (χ2n) is 6.00. The second kappa shape index (κ2) is 4.92. The molecule has 0 aromatic heterocycles. The zero-order valence-corrected chi connectivity index (χ0v) is 12.8. The summed E-state index contributed by atoms with van der Waals surface area (Å²) in [5.74, 6) is 0.586. The van der Waals surface area contributed by atoms with Crippen LogP contribution in [0.15, 0.2) is 53.5 Å². The van der Waals surface area contributed by atoms with Crippen LogP contribution >= 0.6 is 0 Å². The number of nitrogens with two attached hydrogens (primary N) is 1. The monoisotopic (exact) mass is 279 g/mol. The van der Waals surface area contributed by atoms with Gasteiger partial charge in [0.15, 0.2) is 5.96 Å². The molecule has 0 spiro atoms. The third kappa shape index (κ3) is 2.29. The smallest absolute Gasteiger partial charge is 0.196 e. The van der Waals surface area contributed by atoms with Crippen LogP contribution in [-0.4, -0.2) is 12.5 Å². The standard InChI is InChI=1S/C18H21N3/c1-13-9-14(2)11-15(10-13)18(3)12-20-17(19)21(18)16-7-5-4-6-8-16/h4-11H,12H2,1-3H3,(H2,19,20). The molecule has 0 saturated heterocycles. The first-order valence-corrected chi connectivity index (χ1v) is 7.25. The molecule has 1 unspecified atom stereocenters. The van der Waals surface area contributed by atoms with E-state index < -0.39 is 0 Å². The fourth-order valence-corrected chi connectivity index (χ4v) is 3.13. The number of anilines is 1. The van der Waals surface area contributed by atoms with Crippen molar-refractivity contribution in [2.75, 3.05) is 11.4 Å². The molecule has 0 aliphatic carbocycles. The van der Waals surface area contributed by atoms with E-state index in [-0.39, 0.29) is 5.54 Å². The Hall–Kier alpha value is -2.29. The van der Waals surface area contributed by atoms with Crippen LogP contribution in [0.25, 0.3) is 0 Å². The average Bonchev–Trinajstić information content (AvgIpc) is 2.76. The fraction of sp³-hybridized carbons (Fsp3) is 0.278. The molecule has 2 N–H and O–H groups in total. The Morgan fingerprint density at radius 2 is 1.67 bits per heavy atom. The molecule has 0 radical (unpaired) electrons. The first-order chi connectivity index (χ1) is 10.0. The molecule has 1 aliphatic heterocycles. The number of rotatable bonds is 2. The van der Waals surface area contributed by atoms with Gasteiger partial charge in [-0.2, -0.15) is 0 Å². The zero-order chi connectivity index (χ0) is 15.0. The van der Waals surface area contributed by atoms with E-state index in [0.717, 1.165) is 5.69 Å². The van der Waals surface area contributed by atoms with E-state index in [1.54, 1.807) is 0 Å². The van der Waals surface area contributed by atoms with E-state index in [1.807, 2.05) is 18.2 Å². The lowest BCUT2D eigenvalue weighted by Crippen LogP contribution is -2.47. The molecule has 108 valence electrons. The predicted molar refractivity (Wildman–Crippen MR) is 88.7 cm³/mol. The van der Waals surface area contributed by atoms with Crippen LogP contribution in [0.3, 0.4) is 0 Å². The number of hydrogen-bond donors (Lipinski definition) is 1. The first-order valence-electron chi connectivity index (χ1n) is 7.25. The Balaban J connectivity index is 2.11. The van der Waals surface area contributed by atoms with Gasteiger partial charge in [0.2, 0.25) is 0 Å². The van der Waals surface area contributed by atoms with Gasteiger partial charge in [0.05, 0.1) is 12.1 Å². The highest BCUT2D eigenvalue weighted by Crippen LogP contribution is 2.37. The number of nitrogens with zero attached hydrogens (tertiary/aromatic N) is 2. The summed E-state index contributed by atoms with van der Waals surface area (Å²) in [5, 5.41) is 0. The average molecular weight is 279 g/mol. The number of aryl methyl sites for hydroxylation is 2. The highest BCUT2D eigenvalue weighted by Gasteiger charge is 2.40. The lowest BCUT2D eigenvalue weighted by molar-refractivity contribution is 0.532. The van der Waals surface area contributed by atoms with E-state index in [4.69, 9.17) is 5.73 Å². The van der Waals surface area contributed by atoms with Crippen LogP contribution in [0.4, 0.5) is 5.69 Å². The lowest BCUT2D eigenvalue weighted by Gasteiger charge is -2.37. The van der Waals surface area contributed by atoms with Crippen LogP contribution in [0.5, 0.6) is 0 Å². The van der Waals surface area contributed by atoms with E-state index in [0.29, 0.717) is 12.5 Å². The van der Waals surface area contributed by atoms with E-state index in [2.05, 4.69) is 61.0 Å². The minimum atomic E-state index is -0.234. The predicted octanol–water partition coefficient (Wildman–Crippen LogP) is 3.35. The molecule has 2 aromatic carbocycles. The second-order valence-corrected chi connectivity index (χ2v) is 6.00. The van der Waals surface area contributed by atoms with Gasteiger partial charge < -0.3 is 10.6 Å². The molecule has 2 aromatic rings. The van der Waals surface area contributed by atoms with Crippen molar-refractivity contribution in [2.45, 2.75) is 26.3 Å². The van der Waals surface area contributed by atoms with Crippen molar-refractivity contribution in [3.05, 3.63) is 65.2 Å².